The van der Waals surface area contributed by atoms with Crippen molar-refractivity contribution in [2.75, 3.05) is 30.3 Å². The Kier molecular flexibility index (Phi) is 2.96. The highest BCUT2D eigenvalue weighted by molar-refractivity contribution is 5.56. The zero-order chi connectivity index (χ0) is 11.7. The molecular weight excluding hydrogens is 204 g/mol. The number of nitrogen functional groups attached to an aromatic ring is 1. The van der Waals surface area contributed by atoms with E-state index in [0.29, 0.717) is 5.82 Å². The summed E-state index contributed by atoms with van der Waals surface area (Å²) < 4.78 is 5.51. The van der Waals surface area contributed by atoms with Gasteiger partial charge >= 0.3 is 0 Å². The minimum atomic E-state index is 0.240. The first kappa shape index (κ1) is 11.1. The van der Waals surface area contributed by atoms with Gasteiger partial charge in [0.15, 0.2) is 0 Å². The van der Waals surface area contributed by atoms with E-state index in [0.717, 1.165) is 36.9 Å². The highest BCUT2D eigenvalue weighted by Crippen LogP contribution is 2.23. The monoisotopic (exact) mass is 222 g/mol. The Labute approximate surface area is 95.6 Å². The smallest absolute Gasteiger partial charge is 0.137 e. The molecule has 2 N–H and O–H groups in total. The van der Waals surface area contributed by atoms with Crippen molar-refractivity contribution < 1.29 is 4.74 Å². The number of nitrogens with zero attached hydrogens (tertiary/aromatic N) is 3. The maximum atomic E-state index is 5.85. The molecule has 2 heterocycles. The lowest BCUT2D eigenvalue weighted by Gasteiger charge is -2.33. The van der Waals surface area contributed by atoms with Crippen molar-refractivity contribution in [2.45, 2.75) is 26.9 Å². The third-order valence-electron chi connectivity index (χ3n) is 2.81. The molecule has 0 radical (unpaired) electrons. The fourth-order valence-electron chi connectivity index (χ4n) is 1.95. The molecular formula is C11H18N4O. The van der Waals surface area contributed by atoms with Crippen LogP contribution in [0.5, 0.6) is 0 Å². The van der Waals surface area contributed by atoms with Gasteiger partial charge in [-0.1, -0.05) is 0 Å². The van der Waals surface area contributed by atoms with Crippen LogP contribution in [0.25, 0.3) is 0 Å². The largest absolute Gasteiger partial charge is 0.383 e. The molecule has 0 aliphatic carbocycles. The number of rotatable bonds is 1. The molecule has 1 aromatic rings. The molecule has 0 amide bonds. The van der Waals surface area contributed by atoms with Crippen molar-refractivity contribution in [1.82, 2.24) is 9.97 Å². The number of nitrogens with two attached hydrogens (primary N) is 1. The van der Waals surface area contributed by atoms with Crippen LogP contribution in [0.4, 0.5) is 11.6 Å². The molecule has 1 unspecified atom stereocenters. The molecule has 0 aromatic carbocycles. The molecule has 1 fully saturated rings. The summed E-state index contributed by atoms with van der Waals surface area (Å²) >= 11 is 0. The van der Waals surface area contributed by atoms with Crippen molar-refractivity contribution in [3.05, 3.63) is 11.4 Å². The molecule has 2 rings (SSSR count). The Balaban J connectivity index is 2.32. The number of hydrogen-bond donors (Lipinski definition) is 1. The molecule has 0 saturated carbocycles. The van der Waals surface area contributed by atoms with Crippen LogP contribution in [-0.2, 0) is 4.74 Å². The Hall–Kier alpha value is -1.36. The van der Waals surface area contributed by atoms with Crippen molar-refractivity contribution in [2.24, 2.45) is 0 Å². The Morgan fingerprint density at radius 3 is 2.81 bits per heavy atom. The maximum Gasteiger partial charge on any atom is 0.137 e. The fourth-order valence-corrected chi connectivity index (χ4v) is 1.95. The van der Waals surface area contributed by atoms with E-state index in [1.165, 1.54) is 0 Å². The van der Waals surface area contributed by atoms with E-state index in [1.807, 2.05) is 13.8 Å². The van der Waals surface area contributed by atoms with Gasteiger partial charge in [-0.2, -0.15) is 0 Å². The number of morpholine rings is 1. The van der Waals surface area contributed by atoms with Crippen molar-refractivity contribution >= 4 is 11.6 Å². The van der Waals surface area contributed by atoms with Gasteiger partial charge in [0.1, 0.15) is 17.5 Å². The van der Waals surface area contributed by atoms with Crippen LogP contribution in [0.2, 0.25) is 0 Å². The number of aryl methyl sites for hydroxylation is 1. The van der Waals surface area contributed by atoms with Crippen LogP contribution in [0, 0.1) is 13.8 Å². The first-order valence-electron chi connectivity index (χ1n) is 5.55. The van der Waals surface area contributed by atoms with Crippen molar-refractivity contribution in [3.8, 4) is 0 Å². The zero-order valence-electron chi connectivity index (χ0n) is 10.0. The number of hydrogen-bond acceptors (Lipinski definition) is 5. The van der Waals surface area contributed by atoms with E-state index >= 15 is 0 Å². The van der Waals surface area contributed by atoms with Gasteiger partial charge in [0.05, 0.1) is 12.7 Å². The molecule has 1 atom stereocenters. The maximum absolute atomic E-state index is 5.85. The summed E-state index contributed by atoms with van der Waals surface area (Å²) in [5.74, 6) is 2.24. The highest BCUT2D eigenvalue weighted by Gasteiger charge is 2.20. The third-order valence-corrected chi connectivity index (χ3v) is 2.81. The summed E-state index contributed by atoms with van der Waals surface area (Å²) in [6.07, 6.45) is 0.240. The predicted octanol–water partition coefficient (Wildman–Crippen LogP) is 0.901. The van der Waals surface area contributed by atoms with Crippen LogP contribution in [0.3, 0.4) is 0 Å². The molecule has 5 heteroatoms. The average Bonchev–Trinajstić information content (AvgIpc) is 2.23. The van der Waals surface area contributed by atoms with Gasteiger partial charge in [-0.15, -0.1) is 0 Å². The van der Waals surface area contributed by atoms with Crippen LogP contribution >= 0.6 is 0 Å². The van der Waals surface area contributed by atoms with Gasteiger partial charge in [-0.25, -0.2) is 9.97 Å². The number of anilines is 2. The van der Waals surface area contributed by atoms with Gasteiger partial charge in [-0.05, 0) is 20.8 Å². The van der Waals surface area contributed by atoms with Crippen LogP contribution in [0.1, 0.15) is 18.3 Å². The highest BCUT2D eigenvalue weighted by atomic mass is 16.5. The minimum Gasteiger partial charge on any atom is -0.383 e. The Morgan fingerprint density at radius 1 is 1.38 bits per heavy atom. The standard InChI is InChI=1S/C11H18N4O/c1-7-6-15(4-5-16-7)11-8(2)10(12)13-9(3)14-11/h7H,4-6H2,1-3H3,(H2,12,13,14). The van der Waals surface area contributed by atoms with Gasteiger partial charge in [-0.3, -0.25) is 0 Å². The normalized spacial score (nSPS) is 21.2. The van der Waals surface area contributed by atoms with E-state index in [1.54, 1.807) is 0 Å². The second-order valence-corrected chi connectivity index (χ2v) is 4.23. The molecule has 5 nitrogen and oxygen atoms in total. The minimum absolute atomic E-state index is 0.240. The van der Waals surface area contributed by atoms with Gasteiger partial charge in [0, 0.05) is 18.7 Å². The molecule has 88 valence electrons. The zero-order valence-corrected chi connectivity index (χ0v) is 10.0. The van der Waals surface area contributed by atoms with E-state index in [9.17, 15) is 0 Å². The molecule has 1 aliphatic rings. The van der Waals surface area contributed by atoms with Crippen molar-refractivity contribution in [3.63, 3.8) is 0 Å². The van der Waals surface area contributed by atoms with Gasteiger partial charge in [0.2, 0.25) is 0 Å². The number of ether oxygens (including phenoxy) is 1. The number of aromatic nitrogens is 2. The summed E-state index contributed by atoms with van der Waals surface area (Å²) in [4.78, 5) is 10.8. The average molecular weight is 222 g/mol. The lowest BCUT2D eigenvalue weighted by molar-refractivity contribution is 0.0529. The lowest BCUT2D eigenvalue weighted by Crippen LogP contribution is -2.42. The molecule has 0 bridgehead atoms. The molecule has 16 heavy (non-hydrogen) atoms. The molecule has 1 aromatic heterocycles. The first-order valence-corrected chi connectivity index (χ1v) is 5.55. The van der Waals surface area contributed by atoms with Crippen LogP contribution in [0.15, 0.2) is 0 Å². The fraction of sp³-hybridized carbons (Fsp3) is 0.636. The van der Waals surface area contributed by atoms with E-state index in [4.69, 9.17) is 10.5 Å². The third kappa shape index (κ3) is 2.09. The SMILES string of the molecule is Cc1nc(N)c(C)c(N2CCOC(C)C2)n1. The van der Waals surface area contributed by atoms with Gasteiger partial charge < -0.3 is 15.4 Å². The second-order valence-electron chi connectivity index (χ2n) is 4.23. The van der Waals surface area contributed by atoms with Crippen LogP contribution in [-0.4, -0.2) is 35.8 Å². The first-order chi connectivity index (χ1) is 7.58. The van der Waals surface area contributed by atoms with E-state index in [2.05, 4.69) is 21.8 Å². The Bertz CT molecular complexity index is 394. The quantitative estimate of drug-likeness (QED) is 0.765. The summed E-state index contributed by atoms with van der Waals surface area (Å²) in [5.41, 5.74) is 6.81. The summed E-state index contributed by atoms with van der Waals surface area (Å²) in [5, 5.41) is 0. The topological polar surface area (TPSA) is 64.3 Å². The van der Waals surface area contributed by atoms with Gasteiger partial charge in [0.25, 0.3) is 0 Å². The molecule has 1 aliphatic heterocycles. The molecule has 0 spiro atoms. The van der Waals surface area contributed by atoms with E-state index < -0.39 is 0 Å². The summed E-state index contributed by atoms with van der Waals surface area (Å²) in [6.45, 7) is 8.35. The predicted molar refractivity (Wildman–Crippen MR) is 63.5 cm³/mol. The second kappa shape index (κ2) is 4.25. The Morgan fingerprint density at radius 2 is 2.12 bits per heavy atom. The molecule has 1 saturated heterocycles. The van der Waals surface area contributed by atoms with Crippen LogP contribution < -0.4 is 10.6 Å². The van der Waals surface area contributed by atoms with E-state index in [-0.39, 0.29) is 6.10 Å². The summed E-state index contributed by atoms with van der Waals surface area (Å²) in [7, 11) is 0. The lowest BCUT2D eigenvalue weighted by atomic mass is 10.2. The van der Waals surface area contributed by atoms with Crippen molar-refractivity contribution in [1.29, 1.82) is 0 Å². The summed E-state index contributed by atoms with van der Waals surface area (Å²) in [6, 6.07) is 0.